The van der Waals surface area contributed by atoms with Gasteiger partial charge < -0.3 is 10.3 Å². The van der Waals surface area contributed by atoms with E-state index in [1.807, 2.05) is 6.26 Å². The lowest BCUT2D eigenvalue weighted by molar-refractivity contribution is 0.371. The molecular formula is C8H15N3OS. The van der Waals surface area contributed by atoms with Crippen LogP contribution in [-0.2, 0) is 12.2 Å². The summed E-state index contributed by atoms with van der Waals surface area (Å²) in [5, 5.41) is 3.85. The smallest absolute Gasteiger partial charge is 0.226 e. The summed E-state index contributed by atoms with van der Waals surface area (Å²) < 4.78 is 5.05. The van der Waals surface area contributed by atoms with Gasteiger partial charge in [0.15, 0.2) is 5.82 Å². The summed E-state index contributed by atoms with van der Waals surface area (Å²) in [5.41, 5.74) is 5.38. The minimum atomic E-state index is 0.728. The van der Waals surface area contributed by atoms with Crippen LogP contribution in [0.3, 0.4) is 0 Å². The quantitative estimate of drug-likeness (QED) is 0.701. The first-order valence-electron chi connectivity index (χ1n) is 4.37. The van der Waals surface area contributed by atoms with Gasteiger partial charge >= 0.3 is 0 Å². The van der Waals surface area contributed by atoms with Crippen molar-refractivity contribution in [1.29, 1.82) is 0 Å². The van der Waals surface area contributed by atoms with Gasteiger partial charge in [0.1, 0.15) is 0 Å². The first-order chi connectivity index (χ1) is 6.36. The normalized spacial score (nSPS) is 10.6. The zero-order valence-corrected chi connectivity index (χ0v) is 8.64. The van der Waals surface area contributed by atoms with Crippen LogP contribution in [0.2, 0.25) is 0 Å². The molecule has 1 heterocycles. The molecule has 74 valence electrons. The van der Waals surface area contributed by atoms with Crippen molar-refractivity contribution in [3.8, 4) is 0 Å². The molecule has 0 radical (unpaired) electrons. The Labute approximate surface area is 82.3 Å². The molecule has 4 nitrogen and oxygen atoms in total. The van der Waals surface area contributed by atoms with Crippen molar-refractivity contribution in [3.63, 3.8) is 0 Å². The zero-order chi connectivity index (χ0) is 9.52. The van der Waals surface area contributed by atoms with E-state index >= 15 is 0 Å². The van der Waals surface area contributed by atoms with Gasteiger partial charge in [-0.05, 0) is 25.6 Å². The molecule has 0 spiro atoms. The number of hydrogen-bond acceptors (Lipinski definition) is 5. The molecule has 1 aromatic rings. The van der Waals surface area contributed by atoms with Gasteiger partial charge in [0.25, 0.3) is 0 Å². The summed E-state index contributed by atoms with van der Waals surface area (Å²) in [6, 6.07) is 0. The summed E-state index contributed by atoms with van der Waals surface area (Å²) in [7, 11) is 0. The van der Waals surface area contributed by atoms with Crippen molar-refractivity contribution in [2.45, 2.75) is 25.0 Å². The third-order valence-corrected chi connectivity index (χ3v) is 2.18. The minimum Gasteiger partial charge on any atom is -0.339 e. The molecule has 0 aromatic carbocycles. The van der Waals surface area contributed by atoms with E-state index < -0.39 is 0 Å². The Hall–Kier alpha value is -0.550. The highest BCUT2D eigenvalue weighted by Crippen LogP contribution is 2.07. The molecule has 0 aliphatic heterocycles. The second-order valence-corrected chi connectivity index (χ2v) is 3.65. The highest BCUT2D eigenvalue weighted by atomic mass is 32.2. The van der Waals surface area contributed by atoms with Crippen LogP contribution in [0.5, 0.6) is 0 Å². The average molecular weight is 201 g/mol. The van der Waals surface area contributed by atoms with E-state index in [0.717, 1.165) is 43.3 Å². The standard InChI is InChI=1S/C8H15N3OS/c1-13-6-7-10-8(12-11-7)4-2-3-5-9/h2-6,9H2,1H3. The zero-order valence-electron chi connectivity index (χ0n) is 7.82. The molecule has 0 unspecified atom stereocenters. The Bertz CT molecular complexity index is 239. The second kappa shape index (κ2) is 5.99. The molecule has 0 amide bonds. The fraction of sp³-hybridized carbons (Fsp3) is 0.750. The number of thioether (sulfide) groups is 1. The Morgan fingerprint density at radius 1 is 1.46 bits per heavy atom. The highest BCUT2D eigenvalue weighted by Gasteiger charge is 2.04. The fourth-order valence-corrected chi connectivity index (χ4v) is 1.38. The number of rotatable bonds is 6. The van der Waals surface area contributed by atoms with Gasteiger partial charge in [0, 0.05) is 6.42 Å². The molecular weight excluding hydrogens is 186 g/mol. The van der Waals surface area contributed by atoms with Gasteiger partial charge in [0.2, 0.25) is 5.89 Å². The largest absolute Gasteiger partial charge is 0.339 e. The van der Waals surface area contributed by atoms with Crippen molar-refractivity contribution in [3.05, 3.63) is 11.7 Å². The van der Waals surface area contributed by atoms with E-state index in [9.17, 15) is 0 Å². The maximum Gasteiger partial charge on any atom is 0.226 e. The van der Waals surface area contributed by atoms with E-state index in [1.54, 1.807) is 11.8 Å². The van der Waals surface area contributed by atoms with Crippen LogP contribution in [0.4, 0.5) is 0 Å². The van der Waals surface area contributed by atoms with Crippen LogP contribution in [0, 0.1) is 0 Å². The Balaban J connectivity index is 2.31. The van der Waals surface area contributed by atoms with Crippen molar-refractivity contribution >= 4 is 11.8 Å². The molecule has 0 bridgehead atoms. The van der Waals surface area contributed by atoms with Crippen LogP contribution in [0.15, 0.2) is 4.52 Å². The lowest BCUT2D eigenvalue weighted by atomic mass is 10.2. The SMILES string of the molecule is CSCc1noc(CCCCN)n1. The molecule has 2 N–H and O–H groups in total. The van der Waals surface area contributed by atoms with E-state index in [0.29, 0.717) is 0 Å². The minimum absolute atomic E-state index is 0.728. The van der Waals surface area contributed by atoms with Crippen LogP contribution >= 0.6 is 11.8 Å². The molecule has 0 aliphatic rings. The molecule has 0 saturated carbocycles. The van der Waals surface area contributed by atoms with Gasteiger partial charge in [-0.3, -0.25) is 0 Å². The fourth-order valence-electron chi connectivity index (χ4n) is 1.000. The third-order valence-electron chi connectivity index (χ3n) is 1.63. The van der Waals surface area contributed by atoms with Crippen molar-refractivity contribution in [1.82, 2.24) is 10.1 Å². The van der Waals surface area contributed by atoms with E-state index in [1.165, 1.54) is 0 Å². The molecule has 1 rings (SSSR count). The number of nitrogens with zero attached hydrogens (tertiary/aromatic N) is 2. The Morgan fingerprint density at radius 2 is 2.31 bits per heavy atom. The maximum absolute atomic E-state index is 5.38. The van der Waals surface area contributed by atoms with Crippen molar-refractivity contribution in [2.75, 3.05) is 12.8 Å². The van der Waals surface area contributed by atoms with Crippen LogP contribution in [0.25, 0.3) is 0 Å². The molecule has 13 heavy (non-hydrogen) atoms. The molecule has 0 fully saturated rings. The van der Waals surface area contributed by atoms with Crippen molar-refractivity contribution in [2.24, 2.45) is 5.73 Å². The van der Waals surface area contributed by atoms with Crippen molar-refractivity contribution < 1.29 is 4.52 Å². The van der Waals surface area contributed by atoms with Crippen LogP contribution in [-0.4, -0.2) is 22.9 Å². The van der Waals surface area contributed by atoms with Gasteiger partial charge in [-0.15, -0.1) is 0 Å². The number of aryl methyl sites for hydroxylation is 1. The summed E-state index contributed by atoms with van der Waals surface area (Å²) in [6.07, 6.45) is 4.90. The van der Waals surface area contributed by atoms with Gasteiger partial charge in [-0.25, -0.2) is 0 Å². The molecule has 5 heteroatoms. The Morgan fingerprint density at radius 3 is 3.00 bits per heavy atom. The summed E-state index contributed by atoms with van der Waals surface area (Å²) in [5.74, 6) is 2.34. The topological polar surface area (TPSA) is 64.9 Å². The van der Waals surface area contributed by atoms with E-state index in [-0.39, 0.29) is 0 Å². The van der Waals surface area contributed by atoms with E-state index in [4.69, 9.17) is 10.3 Å². The summed E-state index contributed by atoms with van der Waals surface area (Å²) in [6.45, 7) is 0.728. The lowest BCUT2D eigenvalue weighted by Crippen LogP contribution is -1.99. The number of unbranched alkanes of at least 4 members (excludes halogenated alkanes) is 1. The number of hydrogen-bond donors (Lipinski definition) is 1. The monoisotopic (exact) mass is 201 g/mol. The first-order valence-corrected chi connectivity index (χ1v) is 5.76. The average Bonchev–Trinajstić information content (AvgIpc) is 2.54. The molecule has 0 saturated heterocycles. The molecule has 0 atom stereocenters. The van der Waals surface area contributed by atoms with Gasteiger partial charge in [-0.1, -0.05) is 5.16 Å². The molecule has 1 aromatic heterocycles. The van der Waals surface area contributed by atoms with E-state index in [2.05, 4.69) is 10.1 Å². The first kappa shape index (κ1) is 10.5. The van der Waals surface area contributed by atoms with Gasteiger partial charge in [-0.2, -0.15) is 16.7 Å². The summed E-state index contributed by atoms with van der Waals surface area (Å²) >= 11 is 1.69. The molecule has 0 aliphatic carbocycles. The number of nitrogens with two attached hydrogens (primary N) is 1. The highest BCUT2D eigenvalue weighted by molar-refractivity contribution is 7.97. The number of aromatic nitrogens is 2. The Kier molecular flexibility index (Phi) is 4.85. The van der Waals surface area contributed by atoms with Gasteiger partial charge in [0.05, 0.1) is 5.75 Å². The predicted molar refractivity (Wildman–Crippen MR) is 53.5 cm³/mol. The lowest BCUT2D eigenvalue weighted by Gasteiger charge is -1.91. The predicted octanol–water partition coefficient (Wildman–Crippen LogP) is 1.21. The maximum atomic E-state index is 5.38. The third kappa shape index (κ3) is 3.78. The van der Waals surface area contributed by atoms with Crippen LogP contribution in [0.1, 0.15) is 24.6 Å². The second-order valence-electron chi connectivity index (χ2n) is 2.78. The van der Waals surface area contributed by atoms with Crippen LogP contribution < -0.4 is 5.73 Å². The summed E-state index contributed by atoms with van der Waals surface area (Å²) in [4.78, 5) is 4.23.